The summed E-state index contributed by atoms with van der Waals surface area (Å²) in [5.41, 5.74) is 4.28. The van der Waals surface area contributed by atoms with Crippen LogP contribution in [-0.2, 0) is 11.3 Å². The molecule has 0 radical (unpaired) electrons. The number of amides is 1. The summed E-state index contributed by atoms with van der Waals surface area (Å²) in [6.07, 6.45) is 3.41. The molecule has 2 aromatic carbocycles. The average Bonchev–Trinajstić information content (AvgIpc) is 3.18. The first-order chi connectivity index (χ1) is 13.0. The molecule has 0 saturated heterocycles. The van der Waals surface area contributed by atoms with Crippen molar-refractivity contribution in [1.29, 1.82) is 0 Å². The van der Waals surface area contributed by atoms with Crippen molar-refractivity contribution in [2.45, 2.75) is 18.3 Å². The molecule has 1 aliphatic heterocycles. The van der Waals surface area contributed by atoms with E-state index in [9.17, 15) is 9.18 Å². The molecule has 27 heavy (non-hydrogen) atoms. The standard InChI is InChI=1S/C21H16BrFN2O2/c1-13-6-7-14(10-17(13)23)12-25-19-5-3-2-4-15(19)11-16(20(22)21(25)26)18-8-9-27-24-18/h2-11,20H,12H2,1H3. The lowest BCUT2D eigenvalue weighted by atomic mass is 10.1. The number of hydrogen-bond donors (Lipinski definition) is 0. The van der Waals surface area contributed by atoms with E-state index in [-0.39, 0.29) is 18.3 Å². The van der Waals surface area contributed by atoms with Gasteiger partial charge >= 0.3 is 0 Å². The van der Waals surface area contributed by atoms with Crippen LogP contribution in [0.1, 0.15) is 22.4 Å². The van der Waals surface area contributed by atoms with Gasteiger partial charge in [0.2, 0.25) is 5.91 Å². The quantitative estimate of drug-likeness (QED) is 0.555. The van der Waals surface area contributed by atoms with Crippen molar-refractivity contribution in [3.8, 4) is 0 Å². The van der Waals surface area contributed by atoms with Crippen LogP contribution in [-0.4, -0.2) is 15.9 Å². The second-order valence-electron chi connectivity index (χ2n) is 6.41. The molecule has 4 nitrogen and oxygen atoms in total. The Morgan fingerprint density at radius 1 is 1.22 bits per heavy atom. The molecule has 0 fully saturated rings. The van der Waals surface area contributed by atoms with Crippen molar-refractivity contribution in [3.05, 3.63) is 83.0 Å². The van der Waals surface area contributed by atoms with Gasteiger partial charge in [-0.3, -0.25) is 4.79 Å². The number of anilines is 1. The predicted octanol–water partition coefficient (Wildman–Crippen LogP) is 4.97. The van der Waals surface area contributed by atoms with Crippen molar-refractivity contribution in [2.24, 2.45) is 0 Å². The molecule has 136 valence electrons. The largest absolute Gasteiger partial charge is 0.364 e. The Kier molecular flexibility index (Phi) is 4.66. The third-order valence-electron chi connectivity index (χ3n) is 4.60. The van der Waals surface area contributed by atoms with E-state index in [1.807, 2.05) is 36.4 Å². The zero-order chi connectivity index (χ0) is 19.0. The molecular weight excluding hydrogens is 411 g/mol. The number of alkyl halides is 1. The summed E-state index contributed by atoms with van der Waals surface area (Å²) in [6, 6.07) is 14.4. The minimum atomic E-state index is -0.592. The van der Waals surface area contributed by atoms with E-state index in [1.165, 1.54) is 12.3 Å². The van der Waals surface area contributed by atoms with E-state index in [2.05, 4.69) is 21.1 Å². The van der Waals surface area contributed by atoms with E-state index < -0.39 is 4.83 Å². The maximum Gasteiger partial charge on any atom is 0.245 e. The van der Waals surface area contributed by atoms with Crippen LogP contribution in [0, 0.1) is 12.7 Å². The van der Waals surface area contributed by atoms with Crippen LogP contribution >= 0.6 is 15.9 Å². The highest BCUT2D eigenvalue weighted by molar-refractivity contribution is 9.10. The van der Waals surface area contributed by atoms with Crippen molar-refractivity contribution >= 4 is 39.2 Å². The van der Waals surface area contributed by atoms with Crippen molar-refractivity contribution in [3.63, 3.8) is 0 Å². The van der Waals surface area contributed by atoms with Gasteiger partial charge in [0.1, 0.15) is 22.6 Å². The molecule has 1 unspecified atom stereocenters. The molecular formula is C21H16BrFN2O2. The van der Waals surface area contributed by atoms with E-state index in [4.69, 9.17) is 4.52 Å². The number of benzene rings is 2. The van der Waals surface area contributed by atoms with E-state index in [1.54, 1.807) is 24.0 Å². The molecule has 1 atom stereocenters. The molecule has 0 N–H and O–H groups in total. The number of carbonyl (C=O) groups is 1. The fraction of sp³-hybridized carbons (Fsp3) is 0.143. The second-order valence-corrected chi connectivity index (χ2v) is 7.33. The fourth-order valence-electron chi connectivity index (χ4n) is 3.13. The zero-order valence-corrected chi connectivity index (χ0v) is 16.1. The Balaban J connectivity index is 1.78. The summed E-state index contributed by atoms with van der Waals surface area (Å²) >= 11 is 3.52. The number of rotatable bonds is 3. The van der Waals surface area contributed by atoms with Crippen LogP contribution in [0.4, 0.5) is 10.1 Å². The fourth-order valence-corrected chi connectivity index (χ4v) is 3.74. The molecule has 3 aromatic rings. The molecule has 0 bridgehead atoms. The van der Waals surface area contributed by atoms with Gasteiger partial charge < -0.3 is 9.42 Å². The SMILES string of the molecule is Cc1ccc(CN2C(=O)C(Br)C(c3ccon3)=Cc3ccccc32)cc1F. The van der Waals surface area contributed by atoms with E-state index in [0.29, 0.717) is 11.3 Å². The maximum atomic E-state index is 14.0. The number of halogens is 2. The van der Waals surface area contributed by atoms with Crippen molar-refractivity contribution in [1.82, 2.24) is 5.16 Å². The van der Waals surface area contributed by atoms with Gasteiger partial charge in [0.25, 0.3) is 0 Å². The number of hydrogen-bond acceptors (Lipinski definition) is 3. The first-order valence-corrected chi connectivity index (χ1v) is 9.38. The third kappa shape index (κ3) is 3.32. The number of carbonyl (C=O) groups excluding carboxylic acids is 1. The summed E-state index contributed by atoms with van der Waals surface area (Å²) in [5, 5.41) is 3.98. The smallest absolute Gasteiger partial charge is 0.245 e. The van der Waals surface area contributed by atoms with Crippen LogP contribution in [0.5, 0.6) is 0 Å². The lowest BCUT2D eigenvalue weighted by molar-refractivity contribution is -0.117. The Morgan fingerprint density at radius 2 is 2.04 bits per heavy atom. The molecule has 1 aromatic heterocycles. The zero-order valence-electron chi connectivity index (χ0n) is 14.5. The molecule has 0 aliphatic carbocycles. The second kappa shape index (κ2) is 7.12. The molecule has 1 amide bonds. The van der Waals surface area contributed by atoms with Gasteiger partial charge in [0.15, 0.2) is 0 Å². The van der Waals surface area contributed by atoms with Crippen LogP contribution in [0.15, 0.2) is 59.3 Å². The summed E-state index contributed by atoms with van der Waals surface area (Å²) in [4.78, 5) is 14.3. The molecule has 4 rings (SSSR count). The van der Waals surface area contributed by atoms with Gasteiger partial charge in [-0.05, 0) is 41.8 Å². The minimum Gasteiger partial charge on any atom is -0.364 e. The topological polar surface area (TPSA) is 46.3 Å². The van der Waals surface area contributed by atoms with E-state index >= 15 is 0 Å². The highest BCUT2D eigenvalue weighted by atomic mass is 79.9. The van der Waals surface area contributed by atoms with Gasteiger partial charge in [0, 0.05) is 11.6 Å². The summed E-state index contributed by atoms with van der Waals surface area (Å²) in [5.74, 6) is -0.421. The van der Waals surface area contributed by atoms with Crippen molar-refractivity contribution in [2.75, 3.05) is 4.90 Å². The Hall–Kier alpha value is -2.73. The maximum absolute atomic E-state index is 14.0. The average molecular weight is 427 g/mol. The molecule has 6 heteroatoms. The van der Waals surface area contributed by atoms with Gasteiger partial charge in [-0.25, -0.2) is 4.39 Å². The third-order valence-corrected chi connectivity index (χ3v) is 5.49. The van der Waals surface area contributed by atoms with Crippen LogP contribution in [0.25, 0.3) is 11.6 Å². The summed E-state index contributed by atoms with van der Waals surface area (Å²) in [6.45, 7) is 1.99. The Morgan fingerprint density at radius 3 is 2.78 bits per heavy atom. The van der Waals surface area contributed by atoms with E-state index in [0.717, 1.165) is 22.4 Å². The molecule has 0 spiro atoms. The van der Waals surface area contributed by atoms with Crippen LogP contribution < -0.4 is 4.90 Å². The lowest BCUT2D eigenvalue weighted by Crippen LogP contribution is -2.36. The Bertz CT molecular complexity index is 1030. The van der Waals surface area contributed by atoms with Gasteiger partial charge in [0.05, 0.1) is 12.2 Å². The summed E-state index contributed by atoms with van der Waals surface area (Å²) in [7, 11) is 0. The number of aryl methyl sites for hydroxylation is 1. The first kappa shape index (κ1) is 17.7. The number of para-hydroxylation sites is 1. The Labute approximate surface area is 164 Å². The van der Waals surface area contributed by atoms with Crippen LogP contribution in [0.2, 0.25) is 0 Å². The lowest BCUT2D eigenvalue weighted by Gasteiger charge is -2.25. The summed E-state index contributed by atoms with van der Waals surface area (Å²) < 4.78 is 18.9. The minimum absolute atomic E-state index is 0.143. The van der Waals surface area contributed by atoms with Crippen LogP contribution in [0.3, 0.4) is 0 Å². The molecule has 2 heterocycles. The highest BCUT2D eigenvalue weighted by Crippen LogP contribution is 2.36. The first-order valence-electron chi connectivity index (χ1n) is 8.46. The number of aromatic nitrogens is 1. The normalized spacial score (nSPS) is 16.7. The van der Waals surface area contributed by atoms with Crippen molar-refractivity contribution < 1.29 is 13.7 Å². The monoisotopic (exact) mass is 426 g/mol. The molecule has 1 aliphatic rings. The predicted molar refractivity (Wildman–Crippen MR) is 106 cm³/mol. The van der Waals surface area contributed by atoms with Gasteiger partial charge in [-0.2, -0.15) is 0 Å². The highest BCUT2D eigenvalue weighted by Gasteiger charge is 2.32. The van der Waals surface area contributed by atoms with Gasteiger partial charge in [-0.15, -0.1) is 0 Å². The van der Waals surface area contributed by atoms with Gasteiger partial charge in [-0.1, -0.05) is 51.4 Å². The number of fused-ring (bicyclic) bond motifs is 1. The molecule has 0 saturated carbocycles. The number of nitrogens with zero attached hydrogens (tertiary/aromatic N) is 2.